The van der Waals surface area contributed by atoms with Crippen molar-refractivity contribution in [1.29, 1.82) is 0 Å². The summed E-state index contributed by atoms with van der Waals surface area (Å²) in [6.45, 7) is 9.55. The number of carbonyl (C=O) groups excluding carboxylic acids is 1. The maximum absolute atomic E-state index is 12.5. The summed E-state index contributed by atoms with van der Waals surface area (Å²) in [7, 11) is 0. The number of benzene rings is 1. The van der Waals surface area contributed by atoms with E-state index in [9.17, 15) is 9.90 Å². The number of aliphatic hydroxyl groups is 1. The molecule has 0 aliphatic carbocycles. The summed E-state index contributed by atoms with van der Waals surface area (Å²) in [6.07, 6.45) is -0.837. The molecule has 0 saturated heterocycles. The third-order valence-corrected chi connectivity index (χ3v) is 4.48. The Bertz CT molecular complexity index is 783. The van der Waals surface area contributed by atoms with Gasteiger partial charge in [-0.15, -0.1) is 0 Å². The van der Waals surface area contributed by atoms with Gasteiger partial charge >= 0.3 is 5.97 Å². The molecule has 0 amide bonds. The Hall–Kier alpha value is -1.50. The number of hydrogen-bond donors (Lipinski definition) is 1. The molecule has 1 heterocycles. The van der Waals surface area contributed by atoms with Crippen molar-refractivity contribution in [3.05, 3.63) is 39.5 Å². The zero-order valence-electron chi connectivity index (χ0n) is 15.2. The summed E-state index contributed by atoms with van der Waals surface area (Å²) >= 11 is 3.62. The molecule has 2 aromatic rings. The van der Waals surface area contributed by atoms with E-state index in [1.807, 2.05) is 39.8 Å². The van der Waals surface area contributed by atoms with Gasteiger partial charge in [-0.25, -0.2) is 4.79 Å². The van der Waals surface area contributed by atoms with Gasteiger partial charge < -0.3 is 14.6 Å². The van der Waals surface area contributed by atoms with E-state index in [1.165, 1.54) is 0 Å². The number of aromatic nitrogens is 1. The second-order valence-electron chi connectivity index (χ2n) is 6.81. The number of ether oxygens (including phenoxy) is 2. The fourth-order valence-electron chi connectivity index (χ4n) is 2.62. The van der Waals surface area contributed by atoms with Crippen LogP contribution in [0.5, 0.6) is 0 Å². The summed E-state index contributed by atoms with van der Waals surface area (Å²) in [5, 5.41) is 10.1. The second kappa shape index (κ2) is 7.81. The monoisotopic (exact) mass is 409 g/mol. The lowest BCUT2D eigenvalue weighted by Gasteiger charge is -2.28. The van der Waals surface area contributed by atoms with Crippen molar-refractivity contribution in [2.24, 2.45) is 0 Å². The first-order valence-corrected chi connectivity index (χ1v) is 9.01. The first-order valence-electron chi connectivity index (χ1n) is 8.22. The Kier molecular flexibility index (Phi) is 6.19. The Labute approximate surface area is 156 Å². The molecule has 1 N–H and O–H groups in total. The molecule has 25 heavy (non-hydrogen) atoms. The largest absolute Gasteiger partial charge is 0.464 e. The Morgan fingerprint density at radius 1 is 1.36 bits per heavy atom. The molecular formula is C19H24BrNO4. The van der Waals surface area contributed by atoms with Gasteiger partial charge in [-0.1, -0.05) is 0 Å². The van der Waals surface area contributed by atoms with Gasteiger partial charge in [0.1, 0.15) is 0 Å². The average Bonchev–Trinajstić information content (AvgIpc) is 2.52. The van der Waals surface area contributed by atoms with Gasteiger partial charge in [-0.2, -0.15) is 0 Å². The lowest BCUT2D eigenvalue weighted by molar-refractivity contribution is -0.167. The van der Waals surface area contributed by atoms with E-state index in [0.29, 0.717) is 5.69 Å². The number of fused-ring (bicyclic) bond motifs is 1. The van der Waals surface area contributed by atoms with Crippen LogP contribution in [0.3, 0.4) is 0 Å². The highest BCUT2D eigenvalue weighted by molar-refractivity contribution is 9.10. The third kappa shape index (κ3) is 4.57. The van der Waals surface area contributed by atoms with E-state index in [-0.39, 0.29) is 13.2 Å². The van der Waals surface area contributed by atoms with Gasteiger partial charge in [-0.05, 0) is 74.3 Å². The van der Waals surface area contributed by atoms with E-state index in [1.54, 1.807) is 13.0 Å². The molecule has 0 aliphatic heterocycles. The van der Waals surface area contributed by atoms with E-state index in [0.717, 1.165) is 26.5 Å². The summed E-state index contributed by atoms with van der Waals surface area (Å²) in [5.74, 6) is -0.416. The average molecular weight is 410 g/mol. The number of nitrogens with zero attached hydrogens (tertiary/aromatic N) is 1. The molecule has 0 spiro atoms. The van der Waals surface area contributed by atoms with Crippen LogP contribution in [0.4, 0.5) is 0 Å². The highest BCUT2D eigenvalue weighted by atomic mass is 79.9. The lowest BCUT2D eigenvalue weighted by atomic mass is 9.99. The molecule has 1 atom stereocenters. The fourth-order valence-corrected chi connectivity index (χ4v) is 3.48. The minimum absolute atomic E-state index is 0.118. The molecule has 1 aromatic carbocycles. The molecule has 6 heteroatoms. The molecule has 1 unspecified atom stereocenters. The molecule has 0 aliphatic rings. The van der Waals surface area contributed by atoms with Crippen LogP contribution < -0.4 is 0 Å². The van der Waals surface area contributed by atoms with Gasteiger partial charge in [-0.3, -0.25) is 4.98 Å². The van der Waals surface area contributed by atoms with Crippen LogP contribution in [0.1, 0.15) is 50.6 Å². The maximum atomic E-state index is 12.5. The van der Waals surface area contributed by atoms with Gasteiger partial charge in [0.05, 0.1) is 30.0 Å². The summed E-state index contributed by atoms with van der Waals surface area (Å²) in [5.41, 5.74) is 2.43. The zero-order chi connectivity index (χ0) is 18.8. The van der Waals surface area contributed by atoms with Crippen molar-refractivity contribution in [2.75, 3.05) is 6.61 Å². The van der Waals surface area contributed by atoms with E-state index < -0.39 is 17.7 Å². The number of carbonyl (C=O) groups is 1. The van der Waals surface area contributed by atoms with Crippen molar-refractivity contribution in [3.63, 3.8) is 0 Å². The van der Waals surface area contributed by atoms with Crippen molar-refractivity contribution in [3.8, 4) is 0 Å². The Morgan fingerprint density at radius 3 is 2.60 bits per heavy atom. The first-order chi connectivity index (χ1) is 11.7. The number of pyridine rings is 1. The highest BCUT2D eigenvalue weighted by Crippen LogP contribution is 2.37. The number of rotatable bonds is 5. The quantitative estimate of drug-likeness (QED) is 0.748. The van der Waals surface area contributed by atoms with Crippen LogP contribution >= 0.6 is 15.9 Å². The molecule has 1 aromatic heterocycles. The minimum Gasteiger partial charge on any atom is -0.464 e. The van der Waals surface area contributed by atoms with E-state index >= 15 is 0 Å². The topological polar surface area (TPSA) is 68.7 Å². The third-order valence-electron chi connectivity index (χ3n) is 3.63. The van der Waals surface area contributed by atoms with Crippen LogP contribution in [-0.2, 0) is 20.9 Å². The molecule has 0 bridgehead atoms. The molecular weight excluding hydrogens is 386 g/mol. The van der Waals surface area contributed by atoms with E-state index in [4.69, 9.17) is 9.47 Å². The van der Waals surface area contributed by atoms with Crippen LogP contribution in [-0.4, -0.2) is 28.3 Å². The highest BCUT2D eigenvalue weighted by Gasteiger charge is 2.32. The number of esters is 1. The van der Waals surface area contributed by atoms with Crippen LogP contribution in [0.15, 0.2) is 22.7 Å². The predicted molar refractivity (Wildman–Crippen MR) is 100 cm³/mol. The van der Waals surface area contributed by atoms with Crippen LogP contribution in [0, 0.1) is 6.92 Å². The minimum atomic E-state index is -0.837. The van der Waals surface area contributed by atoms with Gasteiger partial charge in [0, 0.05) is 15.4 Å². The number of halogens is 1. The predicted octanol–water partition coefficient (Wildman–Crippen LogP) is 4.22. The molecule has 0 radical (unpaired) electrons. The van der Waals surface area contributed by atoms with Gasteiger partial charge in [0.15, 0.2) is 6.10 Å². The molecule has 2 rings (SSSR count). The van der Waals surface area contributed by atoms with Crippen molar-refractivity contribution >= 4 is 32.8 Å². The van der Waals surface area contributed by atoms with Crippen molar-refractivity contribution < 1.29 is 19.4 Å². The fraction of sp³-hybridized carbons (Fsp3) is 0.474. The smallest absolute Gasteiger partial charge is 0.340 e. The zero-order valence-corrected chi connectivity index (χ0v) is 16.8. The van der Waals surface area contributed by atoms with Crippen LogP contribution in [0.2, 0.25) is 0 Å². The normalized spacial score (nSPS) is 13.1. The standard InChI is InChI=1S/C19H24BrNO4/c1-6-24-18(23)17(25-19(3,4)5)15-11(2)9-14-13(16(15)20)8-7-12(10-22)21-14/h7-9,17,22H,6,10H2,1-5H3. The molecule has 0 fully saturated rings. The maximum Gasteiger partial charge on any atom is 0.340 e. The molecule has 0 saturated carbocycles. The summed E-state index contributed by atoms with van der Waals surface area (Å²) in [6, 6.07) is 5.53. The van der Waals surface area contributed by atoms with Gasteiger partial charge in [0.2, 0.25) is 0 Å². The van der Waals surface area contributed by atoms with Crippen LogP contribution in [0.25, 0.3) is 10.9 Å². The summed E-state index contributed by atoms with van der Waals surface area (Å²) < 4.78 is 12.0. The molecule has 136 valence electrons. The van der Waals surface area contributed by atoms with Crippen molar-refractivity contribution in [1.82, 2.24) is 4.98 Å². The van der Waals surface area contributed by atoms with Crippen molar-refractivity contribution in [2.45, 2.75) is 52.9 Å². The number of hydrogen-bond acceptors (Lipinski definition) is 5. The Morgan fingerprint density at radius 2 is 2.04 bits per heavy atom. The first kappa shape index (κ1) is 19.8. The van der Waals surface area contributed by atoms with E-state index in [2.05, 4.69) is 20.9 Å². The summed E-state index contributed by atoms with van der Waals surface area (Å²) in [4.78, 5) is 17.0. The molecule has 5 nitrogen and oxygen atoms in total. The Balaban J connectivity index is 2.63. The number of aryl methyl sites for hydroxylation is 1. The second-order valence-corrected chi connectivity index (χ2v) is 7.60. The lowest BCUT2D eigenvalue weighted by Crippen LogP contribution is -2.29. The SMILES string of the molecule is CCOC(=O)C(OC(C)(C)C)c1c(C)cc2nc(CO)ccc2c1Br. The number of aliphatic hydroxyl groups excluding tert-OH is 1. The van der Waals surface area contributed by atoms with Gasteiger partial charge in [0.25, 0.3) is 0 Å².